The number of unbranched alkanes of at least 4 members (excludes halogenated alkanes) is 3. The molecule has 2 saturated heterocycles. The van der Waals surface area contributed by atoms with E-state index in [0.717, 1.165) is 6.42 Å². The van der Waals surface area contributed by atoms with Gasteiger partial charge in [0.1, 0.15) is 35.4 Å². The van der Waals surface area contributed by atoms with Gasteiger partial charge < -0.3 is 50.5 Å². The van der Waals surface area contributed by atoms with Crippen LogP contribution in [0.2, 0.25) is 0 Å². The fourth-order valence-electron chi connectivity index (χ4n) is 7.85. The highest BCUT2D eigenvalue weighted by Gasteiger charge is 2.46. The number of aliphatic hydroxyl groups excluding tert-OH is 2. The number of hydrogen-bond donors (Lipinski definition) is 9. The Morgan fingerprint density at radius 1 is 0.985 bits per heavy atom. The van der Waals surface area contributed by atoms with Crippen molar-refractivity contribution in [3.8, 4) is 28.2 Å². The maximum absolute atomic E-state index is 13.9. The summed E-state index contributed by atoms with van der Waals surface area (Å²) in [6.45, 7) is 0.518. The monoisotopic (exact) mass is 932 g/mol. The molecule has 1 unspecified atom stereocenters. The molecule has 3 aliphatic heterocycles. The van der Waals surface area contributed by atoms with Crippen molar-refractivity contribution in [3.05, 3.63) is 93.4 Å². The van der Waals surface area contributed by atoms with Gasteiger partial charge in [0, 0.05) is 40.9 Å². The number of aliphatic hydroxyl groups is 2. The summed E-state index contributed by atoms with van der Waals surface area (Å²) in [6, 6.07) is 12.9. The number of rotatable bonds is 17. The number of aromatic nitrogens is 4. The van der Waals surface area contributed by atoms with Crippen LogP contribution < -0.4 is 32.0 Å². The number of phenolic OH excluding ortho intramolecular Hbond substituents is 1. The number of carbonyl (C=O) groups excluding carboxylic acids is 1. The molecule has 65 heavy (non-hydrogen) atoms. The Morgan fingerprint density at radius 3 is 2.60 bits per heavy atom. The number of ether oxygens (including phenoxy) is 1. The molecule has 0 saturated carbocycles. The lowest BCUT2D eigenvalue weighted by molar-refractivity contribution is -0.121. The third-order valence-electron chi connectivity index (χ3n) is 11.1. The predicted molar refractivity (Wildman–Crippen MR) is 239 cm³/mol. The molecule has 9 N–H and O–H groups in total. The second-order valence-electron chi connectivity index (χ2n) is 15.5. The van der Waals surface area contributed by atoms with Crippen LogP contribution in [0.5, 0.6) is 5.75 Å². The number of fused-ring (bicyclic) bond motifs is 3. The maximum atomic E-state index is 13.9. The van der Waals surface area contributed by atoms with Gasteiger partial charge in [0.15, 0.2) is 27.9 Å². The summed E-state index contributed by atoms with van der Waals surface area (Å²) in [6.07, 6.45) is 0.751. The first kappa shape index (κ1) is 45.5. The molecule has 2 aromatic carbocycles. The molecular weight excluding hydrogens is 888 g/mol. The van der Waals surface area contributed by atoms with E-state index in [1.54, 1.807) is 24.3 Å². The van der Waals surface area contributed by atoms with Crippen molar-refractivity contribution in [3.63, 3.8) is 0 Å². The summed E-state index contributed by atoms with van der Waals surface area (Å²) in [5, 5.41) is 54.4. The Balaban J connectivity index is 0.825. The topological polar surface area (TPSA) is 302 Å². The van der Waals surface area contributed by atoms with Gasteiger partial charge in [0.2, 0.25) is 5.91 Å². The SMILES string of the molecule is O=C(O)c1cc(NC(=S)NCCCCCCOP(=O)(NC(=O)[C@@H]2CCCN2)OC[C@H]2O[C@@H](n3cnc4c(=O)[nH]cnc43)[C@H](O)[C@@H]2O)ccc1-c1c2ccc(=O)cc-2oc2cc(O)ccc12. The fourth-order valence-corrected chi connectivity index (χ4v) is 9.41. The van der Waals surface area contributed by atoms with Gasteiger partial charge in [0.05, 0.1) is 37.5 Å². The average molecular weight is 933 g/mol. The Labute approximate surface area is 374 Å². The lowest BCUT2D eigenvalue weighted by atomic mass is 9.90. The number of aromatic amines is 1. The van der Waals surface area contributed by atoms with Crippen LogP contribution in [-0.2, 0) is 23.1 Å². The zero-order valence-corrected chi connectivity index (χ0v) is 36.2. The van der Waals surface area contributed by atoms with Crippen LogP contribution >= 0.6 is 20.0 Å². The number of carboxylic acids is 1. The van der Waals surface area contributed by atoms with Crippen LogP contribution in [0.25, 0.3) is 44.6 Å². The number of benzene rings is 3. The van der Waals surface area contributed by atoms with Crippen LogP contribution in [0.15, 0.2) is 81.3 Å². The van der Waals surface area contributed by atoms with Gasteiger partial charge in [-0.25, -0.2) is 19.3 Å². The minimum atomic E-state index is -4.30. The van der Waals surface area contributed by atoms with E-state index in [4.69, 9.17) is 30.4 Å². The lowest BCUT2D eigenvalue weighted by Gasteiger charge is -2.23. The van der Waals surface area contributed by atoms with Crippen molar-refractivity contribution < 1.29 is 52.8 Å². The smallest absolute Gasteiger partial charge is 0.435 e. The molecule has 2 aromatic heterocycles. The van der Waals surface area contributed by atoms with E-state index in [1.807, 2.05) is 0 Å². The highest BCUT2D eigenvalue weighted by Crippen LogP contribution is 2.46. The van der Waals surface area contributed by atoms with E-state index in [2.05, 4.69) is 36.0 Å². The Hall–Kier alpha value is -6.10. The zero-order valence-electron chi connectivity index (χ0n) is 34.5. The van der Waals surface area contributed by atoms with E-state index >= 15 is 0 Å². The first-order chi connectivity index (χ1) is 31.3. The number of anilines is 1. The van der Waals surface area contributed by atoms with Gasteiger partial charge in [-0.3, -0.25) is 33.1 Å². The van der Waals surface area contributed by atoms with Crippen LogP contribution in [0.4, 0.5) is 5.69 Å². The summed E-state index contributed by atoms with van der Waals surface area (Å²) in [5.74, 6) is -1.58. The Bertz CT molecular complexity index is 2880. The minimum Gasteiger partial charge on any atom is -0.508 e. The van der Waals surface area contributed by atoms with Gasteiger partial charge in [0.25, 0.3) is 5.56 Å². The molecule has 4 aliphatic rings. The highest BCUT2D eigenvalue weighted by atomic mass is 32.1. The van der Waals surface area contributed by atoms with E-state index in [9.17, 15) is 44.2 Å². The number of hydrogen-bond acceptors (Lipinski definition) is 16. The van der Waals surface area contributed by atoms with Crippen molar-refractivity contribution in [1.82, 2.24) is 35.2 Å². The molecule has 21 nitrogen and oxygen atoms in total. The summed E-state index contributed by atoms with van der Waals surface area (Å²) in [7, 11) is -4.30. The number of imidazole rings is 1. The quantitative estimate of drug-likeness (QED) is 0.0273. The molecule has 0 spiro atoms. The minimum absolute atomic E-state index is 0.00328. The first-order valence-corrected chi connectivity index (χ1v) is 22.7. The van der Waals surface area contributed by atoms with Crippen molar-refractivity contribution >= 4 is 64.8 Å². The standard InChI is InChI=1S/C42H45N8O13PS/c51-23-8-11-26-30(17-23)62-31-18-24(52)9-12-27(31)33(26)25-10-7-22(16-28(25)41(57)58)48-42(65)44-13-3-1-2-4-15-60-64(59,49-38(55)29-6-5-14-43-29)61-19-32-35(53)36(54)40(63-32)50-21-47-34-37(50)45-20-46-39(34)56/h7-12,16-18,20-21,29,32,35-36,40,43,51,53-54H,1-6,13-15,19H2,(H,57,58)(H2,44,48,65)(H,45,46,56)(H,49,55,59)/t29-,32+,35+,36+,40+,64?/m0/s1. The van der Waals surface area contributed by atoms with Crippen LogP contribution in [-0.4, -0.2) is 108 Å². The maximum Gasteiger partial charge on any atom is 0.435 e. The summed E-state index contributed by atoms with van der Waals surface area (Å²) < 4.78 is 38.3. The Morgan fingerprint density at radius 2 is 1.80 bits per heavy atom. The molecule has 8 rings (SSSR count). The molecule has 23 heteroatoms. The van der Waals surface area contributed by atoms with Crippen molar-refractivity contribution in [2.45, 2.75) is 69.1 Å². The van der Waals surface area contributed by atoms with Crippen molar-refractivity contribution in [2.24, 2.45) is 0 Å². The number of phenols is 1. The molecular formula is C42H45N8O13PS. The molecule has 342 valence electrons. The van der Waals surface area contributed by atoms with Gasteiger partial charge >= 0.3 is 13.7 Å². The van der Waals surface area contributed by atoms with Crippen molar-refractivity contribution in [2.75, 3.05) is 31.6 Å². The molecule has 5 heterocycles. The molecule has 6 atom stereocenters. The van der Waals surface area contributed by atoms with Gasteiger partial charge in [-0.15, -0.1) is 0 Å². The Kier molecular flexibility index (Phi) is 13.7. The molecule has 4 aromatic rings. The highest BCUT2D eigenvalue weighted by molar-refractivity contribution is 7.80. The molecule has 0 bridgehead atoms. The number of H-pyrrole nitrogens is 1. The summed E-state index contributed by atoms with van der Waals surface area (Å²) in [4.78, 5) is 60.4. The molecule has 1 amide bonds. The number of thiocarbonyl (C=S) groups is 1. The average Bonchev–Trinajstić information content (AvgIpc) is 4.04. The summed E-state index contributed by atoms with van der Waals surface area (Å²) >= 11 is 5.49. The normalized spacial score (nSPS) is 20.6. The third kappa shape index (κ3) is 10.1. The second kappa shape index (κ2) is 19.6. The summed E-state index contributed by atoms with van der Waals surface area (Å²) in [5.41, 5.74) is 1.39. The van der Waals surface area contributed by atoms with Gasteiger partial charge in [-0.1, -0.05) is 18.9 Å². The number of aromatic hydroxyl groups is 1. The fraction of sp³-hybridized carbons (Fsp3) is 0.357. The number of nitrogens with one attached hydrogen (secondary N) is 5. The number of amides is 1. The number of carboxylic acid groups (broad SMARTS) is 1. The largest absolute Gasteiger partial charge is 0.508 e. The third-order valence-corrected chi connectivity index (χ3v) is 12.8. The van der Waals surface area contributed by atoms with Crippen LogP contribution in [0, 0.1) is 0 Å². The number of aromatic carboxylic acids is 1. The molecule has 1 aliphatic carbocycles. The van der Waals surface area contributed by atoms with E-state index < -0.39 is 62.4 Å². The molecule has 0 radical (unpaired) electrons. The molecule has 2 fully saturated rings. The second-order valence-corrected chi connectivity index (χ2v) is 17.7. The van der Waals surface area contributed by atoms with Crippen LogP contribution in [0.3, 0.4) is 0 Å². The van der Waals surface area contributed by atoms with Crippen molar-refractivity contribution in [1.29, 1.82) is 0 Å². The van der Waals surface area contributed by atoms with E-state index in [1.165, 1.54) is 47.6 Å². The number of carbonyl (C=O) groups is 2. The zero-order chi connectivity index (χ0) is 45.8. The van der Waals surface area contributed by atoms with E-state index in [-0.39, 0.29) is 51.0 Å². The lowest BCUT2D eigenvalue weighted by Crippen LogP contribution is -2.40. The van der Waals surface area contributed by atoms with Crippen LogP contribution in [0.1, 0.15) is 55.1 Å². The van der Waals surface area contributed by atoms with Gasteiger partial charge in [-0.2, -0.15) is 0 Å². The van der Waals surface area contributed by atoms with Gasteiger partial charge in [-0.05, 0) is 86.4 Å². The van der Waals surface area contributed by atoms with E-state index in [0.29, 0.717) is 73.0 Å². The predicted octanol–water partition coefficient (Wildman–Crippen LogP) is 3.58. The number of nitrogens with zero attached hydrogens (tertiary/aromatic N) is 3. The first-order valence-electron chi connectivity index (χ1n) is 20.8.